The minimum atomic E-state index is -0.306. The molecule has 0 atom stereocenters. The van der Waals surface area contributed by atoms with Gasteiger partial charge in [0.2, 0.25) is 5.82 Å². The summed E-state index contributed by atoms with van der Waals surface area (Å²) in [6.45, 7) is 3.09. The van der Waals surface area contributed by atoms with Gasteiger partial charge in [-0.25, -0.2) is 4.98 Å². The first-order valence-corrected chi connectivity index (χ1v) is 8.10. The molecule has 1 amide bonds. The van der Waals surface area contributed by atoms with Crippen LogP contribution in [0, 0.1) is 6.92 Å². The van der Waals surface area contributed by atoms with Gasteiger partial charge in [-0.05, 0) is 25.8 Å². The zero-order valence-corrected chi connectivity index (χ0v) is 13.4. The average Bonchev–Trinajstić information content (AvgIpc) is 3.09. The van der Waals surface area contributed by atoms with Gasteiger partial charge in [-0.1, -0.05) is 6.42 Å². The molecule has 24 heavy (non-hydrogen) atoms. The van der Waals surface area contributed by atoms with E-state index < -0.39 is 0 Å². The largest absolute Gasteiger partial charge is 0.342 e. The Morgan fingerprint density at radius 3 is 3.04 bits per heavy atom. The van der Waals surface area contributed by atoms with Crippen molar-refractivity contribution in [1.29, 1.82) is 0 Å². The van der Waals surface area contributed by atoms with Crippen molar-refractivity contribution in [1.82, 2.24) is 39.7 Å². The first kappa shape index (κ1) is 14.7. The summed E-state index contributed by atoms with van der Waals surface area (Å²) in [7, 11) is 0. The maximum Gasteiger partial charge on any atom is 0.290 e. The first-order chi connectivity index (χ1) is 11.7. The highest BCUT2D eigenvalue weighted by Gasteiger charge is 2.18. The quantitative estimate of drug-likeness (QED) is 0.759. The maximum absolute atomic E-state index is 12.4. The van der Waals surface area contributed by atoms with Crippen molar-refractivity contribution in [2.24, 2.45) is 0 Å². The molecule has 1 aliphatic rings. The van der Waals surface area contributed by atoms with E-state index in [0.717, 1.165) is 43.1 Å². The Hall–Kier alpha value is -2.84. The van der Waals surface area contributed by atoms with Crippen LogP contribution in [0.2, 0.25) is 0 Å². The van der Waals surface area contributed by atoms with E-state index in [4.69, 9.17) is 0 Å². The van der Waals surface area contributed by atoms with Gasteiger partial charge in [-0.2, -0.15) is 0 Å². The van der Waals surface area contributed by atoms with Crippen LogP contribution in [0.3, 0.4) is 0 Å². The van der Waals surface area contributed by atoms with Crippen LogP contribution >= 0.6 is 0 Å². The fraction of sp³-hybridized carbons (Fsp3) is 0.467. The Kier molecular flexibility index (Phi) is 3.68. The molecule has 0 saturated heterocycles. The highest BCUT2D eigenvalue weighted by Crippen LogP contribution is 2.14. The summed E-state index contributed by atoms with van der Waals surface area (Å²) < 4.78 is 3.69. The lowest BCUT2D eigenvalue weighted by Gasteiger charge is -2.07. The number of rotatable bonds is 3. The third-order valence-corrected chi connectivity index (χ3v) is 4.22. The lowest BCUT2D eigenvalue weighted by Crippen LogP contribution is -2.27. The Balaban J connectivity index is 1.51. The van der Waals surface area contributed by atoms with E-state index in [-0.39, 0.29) is 11.7 Å². The summed E-state index contributed by atoms with van der Waals surface area (Å²) in [6.07, 6.45) is 6.15. The van der Waals surface area contributed by atoms with E-state index in [1.807, 2.05) is 13.0 Å². The van der Waals surface area contributed by atoms with Gasteiger partial charge in [0, 0.05) is 24.9 Å². The maximum atomic E-state index is 12.4. The number of carbonyl (C=O) groups is 1. The minimum Gasteiger partial charge on any atom is -0.342 e. The van der Waals surface area contributed by atoms with Crippen molar-refractivity contribution in [2.75, 3.05) is 0 Å². The van der Waals surface area contributed by atoms with E-state index >= 15 is 0 Å². The summed E-state index contributed by atoms with van der Waals surface area (Å²) in [5.41, 5.74) is 0.827. The summed E-state index contributed by atoms with van der Waals surface area (Å²) in [4.78, 5) is 16.7. The predicted octanol–water partition coefficient (Wildman–Crippen LogP) is 0.681. The molecule has 0 bridgehead atoms. The number of aromatic nitrogens is 7. The van der Waals surface area contributed by atoms with Crippen molar-refractivity contribution < 1.29 is 4.79 Å². The summed E-state index contributed by atoms with van der Waals surface area (Å²) in [6, 6.07) is 1.81. The average molecular weight is 326 g/mol. The van der Waals surface area contributed by atoms with E-state index in [0.29, 0.717) is 12.3 Å². The van der Waals surface area contributed by atoms with Crippen LogP contribution in [0.1, 0.15) is 47.2 Å². The van der Waals surface area contributed by atoms with Crippen LogP contribution in [0.4, 0.5) is 0 Å². The number of fused-ring (bicyclic) bond motifs is 2. The van der Waals surface area contributed by atoms with Crippen LogP contribution in [-0.4, -0.2) is 40.3 Å². The zero-order chi connectivity index (χ0) is 16.5. The molecule has 0 aliphatic carbocycles. The molecule has 4 rings (SSSR count). The van der Waals surface area contributed by atoms with Crippen LogP contribution in [0.15, 0.2) is 12.3 Å². The predicted molar refractivity (Wildman–Crippen MR) is 84.3 cm³/mol. The highest BCUT2D eigenvalue weighted by molar-refractivity contribution is 5.91. The molecule has 0 spiro atoms. The molecule has 9 nitrogen and oxygen atoms in total. The molecule has 4 heterocycles. The number of hydrogen-bond donors (Lipinski definition) is 1. The van der Waals surface area contributed by atoms with Crippen LogP contribution in [-0.2, 0) is 19.5 Å². The summed E-state index contributed by atoms with van der Waals surface area (Å²) >= 11 is 0. The van der Waals surface area contributed by atoms with Gasteiger partial charge in [0.05, 0.1) is 6.54 Å². The van der Waals surface area contributed by atoms with Crippen LogP contribution in [0.25, 0.3) is 5.78 Å². The standard InChI is InChI=1S/C15H18N8O/c1-10-6-8-23-13(20-21-15(23)17-10)14(24)16-9-12-19-18-11-5-3-2-4-7-22(11)12/h6,8H,2-5,7,9H2,1H3,(H,16,24). The highest BCUT2D eigenvalue weighted by atomic mass is 16.2. The van der Waals surface area contributed by atoms with Gasteiger partial charge in [-0.3, -0.25) is 9.20 Å². The summed E-state index contributed by atoms with van der Waals surface area (Å²) in [5.74, 6) is 2.11. The van der Waals surface area contributed by atoms with E-state index in [2.05, 4.69) is 35.3 Å². The first-order valence-electron chi connectivity index (χ1n) is 8.10. The monoisotopic (exact) mass is 326 g/mol. The lowest BCUT2D eigenvalue weighted by molar-refractivity contribution is 0.0938. The molecule has 0 saturated carbocycles. The molecule has 3 aromatic heterocycles. The molecule has 1 N–H and O–H groups in total. The topological polar surface area (TPSA) is 103 Å². The fourth-order valence-corrected chi connectivity index (χ4v) is 2.94. The molecule has 0 fully saturated rings. The molecular formula is C15H18N8O. The van der Waals surface area contributed by atoms with Gasteiger partial charge < -0.3 is 9.88 Å². The molecular weight excluding hydrogens is 308 g/mol. The number of carbonyl (C=O) groups excluding carboxylic acids is 1. The third kappa shape index (κ3) is 2.61. The Morgan fingerprint density at radius 2 is 2.12 bits per heavy atom. The smallest absolute Gasteiger partial charge is 0.290 e. The van der Waals surface area contributed by atoms with Crippen molar-refractivity contribution in [3.63, 3.8) is 0 Å². The molecule has 3 aromatic rings. The molecule has 0 radical (unpaired) electrons. The number of nitrogens with one attached hydrogen (secondary N) is 1. The second-order valence-corrected chi connectivity index (χ2v) is 5.94. The summed E-state index contributed by atoms with van der Waals surface area (Å²) in [5, 5.41) is 19.2. The van der Waals surface area contributed by atoms with Crippen molar-refractivity contribution in [3.8, 4) is 0 Å². The van der Waals surface area contributed by atoms with Gasteiger partial charge in [0.25, 0.3) is 11.7 Å². The zero-order valence-electron chi connectivity index (χ0n) is 13.4. The normalized spacial score (nSPS) is 14.4. The molecule has 0 aromatic carbocycles. The number of aryl methyl sites for hydroxylation is 2. The van der Waals surface area contributed by atoms with Gasteiger partial charge in [0.1, 0.15) is 5.82 Å². The molecule has 1 aliphatic heterocycles. The Labute approximate surface area is 138 Å². The van der Waals surface area contributed by atoms with E-state index in [1.54, 1.807) is 10.6 Å². The van der Waals surface area contributed by atoms with Crippen molar-refractivity contribution >= 4 is 11.7 Å². The fourth-order valence-electron chi connectivity index (χ4n) is 2.94. The molecule has 0 unspecified atom stereocenters. The van der Waals surface area contributed by atoms with Gasteiger partial charge in [-0.15, -0.1) is 20.4 Å². The molecule has 124 valence electrons. The SMILES string of the molecule is Cc1ccn2c(C(=O)NCc3nnc4n3CCCCC4)nnc2n1. The number of nitrogens with zero attached hydrogens (tertiary/aromatic N) is 7. The Morgan fingerprint density at radius 1 is 1.21 bits per heavy atom. The number of amides is 1. The second kappa shape index (κ2) is 5.99. The van der Waals surface area contributed by atoms with E-state index in [1.165, 1.54) is 6.42 Å². The second-order valence-electron chi connectivity index (χ2n) is 5.94. The number of hydrogen-bond acceptors (Lipinski definition) is 6. The van der Waals surface area contributed by atoms with Gasteiger partial charge >= 0.3 is 0 Å². The molecule has 9 heteroatoms. The van der Waals surface area contributed by atoms with E-state index in [9.17, 15) is 4.79 Å². The van der Waals surface area contributed by atoms with Crippen molar-refractivity contribution in [2.45, 2.75) is 45.7 Å². The van der Waals surface area contributed by atoms with Crippen LogP contribution in [0.5, 0.6) is 0 Å². The van der Waals surface area contributed by atoms with Crippen LogP contribution < -0.4 is 5.32 Å². The minimum absolute atomic E-state index is 0.216. The van der Waals surface area contributed by atoms with Gasteiger partial charge in [0.15, 0.2) is 5.82 Å². The Bertz CT molecular complexity index is 896. The van der Waals surface area contributed by atoms with Crippen molar-refractivity contribution in [3.05, 3.63) is 35.4 Å². The third-order valence-electron chi connectivity index (χ3n) is 4.22. The lowest BCUT2D eigenvalue weighted by atomic mass is 10.2.